The second-order valence-corrected chi connectivity index (χ2v) is 11.3. The van der Waals surface area contributed by atoms with Gasteiger partial charge in [-0.15, -0.1) is 0 Å². The summed E-state index contributed by atoms with van der Waals surface area (Å²) in [6, 6.07) is 28.2. The number of amidine groups is 1. The van der Waals surface area contributed by atoms with Gasteiger partial charge in [0.25, 0.3) is 0 Å². The van der Waals surface area contributed by atoms with E-state index in [0.717, 1.165) is 5.56 Å². The molecule has 10 nitrogen and oxygen atoms in total. The van der Waals surface area contributed by atoms with Gasteiger partial charge in [0, 0.05) is 23.7 Å². The minimum atomic E-state index is -3.92. The molecule has 0 aliphatic carbocycles. The number of nitrogens with two attached hydrogens (primary N) is 1. The summed E-state index contributed by atoms with van der Waals surface area (Å²) < 4.78 is 34.9. The minimum absolute atomic E-state index is 0.00119. The van der Waals surface area contributed by atoms with Gasteiger partial charge >= 0.3 is 12.2 Å². The van der Waals surface area contributed by atoms with Crippen LogP contribution in [0.3, 0.4) is 0 Å². The van der Waals surface area contributed by atoms with Crippen molar-refractivity contribution in [3.05, 3.63) is 114 Å². The third-order valence-electron chi connectivity index (χ3n) is 6.67. The Hall–Kier alpha value is -5.00. The van der Waals surface area contributed by atoms with E-state index >= 15 is 0 Å². The van der Waals surface area contributed by atoms with Gasteiger partial charge in [-0.1, -0.05) is 73.7 Å². The van der Waals surface area contributed by atoms with Crippen LogP contribution in [-0.4, -0.2) is 37.4 Å². The summed E-state index contributed by atoms with van der Waals surface area (Å²) in [6.45, 7) is 4.06. The van der Waals surface area contributed by atoms with E-state index in [1.165, 1.54) is 6.07 Å². The molecule has 222 valence electrons. The van der Waals surface area contributed by atoms with Crippen LogP contribution in [0.2, 0.25) is 0 Å². The van der Waals surface area contributed by atoms with Crippen molar-refractivity contribution < 1.29 is 27.5 Å². The number of ether oxygens (including phenoxy) is 2. The van der Waals surface area contributed by atoms with Crippen molar-refractivity contribution in [2.75, 3.05) is 0 Å². The molecule has 0 radical (unpaired) electrons. The summed E-state index contributed by atoms with van der Waals surface area (Å²) in [5.41, 5.74) is 2.21. The average molecular weight is 601 g/mol. The number of amides is 2. The number of rotatable bonds is 9. The summed E-state index contributed by atoms with van der Waals surface area (Å²) in [7, 11) is -3.92. The number of para-hydroxylation sites is 1. The van der Waals surface area contributed by atoms with Gasteiger partial charge in [-0.05, 0) is 60.9 Å². The maximum atomic E-state index is 13.3. The summed E-state index contributed by atoms with van der Waals surface area (Å²) in [6.07, 6.45) is -0.691. The van der Waals surface area contributed by atoms with Gasteiger partial charge in [0.2, 0.25) is 10.0 Å². The molecule has 1 atom stereocenters. The maximum absolute atomic E-state index is 13.3. The fourth-order valence-corrected chi connectivity index (χ4v) is 5.01. The number of nitrogens with one attached hydrogen (secondary N) is 2. The SMILES string of the molecule is CCC(C)N(Cc1cccc(C(=N)NC(=O)Oc2ccccc2)c1)C(=O)Oc1ccc(-c2ccccc2S(N)(=O)=O)cc1. The number of hydrogen-bond donors (Lipinski definition) is 3. The lowest BCUT2D eigenvalue weighted by Gasteiger charge is -2.28. The number of nitrogens with zero attached hydrogens (tertiary/aromatic N) is 1. The molecule has 11 heteroatoms. The molecule has 0 heterocycles. The molecule has 0 fully saturated rings. The van der Waals surface area contributed by atoms with Crippen LogP contribution in [0, 0.1) is 5.41 Å². The van der Waals surface area contributed by atoms with Crippen molar-refractivity contribution >= 4 is 28.0 Å². The van der Waals surface area contributed by atoms with Gasteiger partial charge in [-0.3, -0.25) is 10.7 Å². The van der Waals surface area contributed by atoms with E-state index in [0.29, 0.717) is 28.9 Å². The van der Waals surface area contributed by atoms with E-state index in [4.69, 9.17) is 20.0 Å². The van der Waals surface area contributed by atoms with E-state index < -0.39 is 22.2 Å². The Morgan fingerprint density at radius 3 is 2.21 bits per heavy atom. The predicted molar refractivity (Wildman–Crippen MR) is 163 cm³/mol. The van der Waals surface area contributed by atoms with E-state index in [9.17, 15) is 18.0 Å². The van der Waals surface area contributed by atoms with Gasteiger partial charge in [-0.25, -0.2) is 23.1 Å². The quantitative estimate of drug-likeness (QED) is 0.160. The molecule has 4 aromatic rings. The molecule has 1 unspecified atom stereocenters. The van der Waals surface area contributed by atoms with Gasteiger partial charge in [0.15, 0.2) is 0 Å². The molecule has 0 saturated carbocycles. The molecule has 0 spiro atoms. The summed E-state index contributed by atoms with van der Waals surface area (Å²) in [4.78, 5) is 27.1. The summed E-state index contributed by atoms with van der Waals surface area (Å²) in [5.74, 6) is 0.489. The first-order valence-electron chi connectivity index (χ1n) is 13.5. The van der Waals surface area contributed by atoms with Crippen LogP contribution >= 0.6 is 0 Å². The lowest BCUT2D eigenvalue weighted by molar-refractivity contribution is 0.130. The monoisotopic (exact) mass is 600 g/mol. The first-order chi connectivity index (χ1) is 20.5. The van der Waals surface area contributed by atoms with Gasteiger partial charge in [0.05, 0.1) is 4.90 Å². The van der Waals surface area contributed by atoms with Crippen molar-refractivity contribution in [3.8, 4) is 22.6 Å². The highest BCUT2D eigenvalue weighted by atomic mass is 32.2. The highest BCUT2D eigenvalue weighted by Gasteiger charge is 2.22. The fourth-order valence-electron chi connectivity index (χ4n) is 4.25. The van der Waals surface area contributed by atoms with Crippen molar-refractivity contribution in [3.63, 3.8) is 0 Å². The molecular weight excluding hydrogens is 568 g/mol. The van der Waals surface area contributed by atoms with Crippen molar-refractivity contribution in [1.29, 1.82) is 5.41 Å². The maximum Gasteiger partial charge on any atom is 0.418 e. The molecule has 0 aromatic heterocycles. The Bertz CT molecular complexity index is 1710. The lowest BCUT2D eigenvalue weighted by Crippen LogP contribution is -2.39. The van der Waals surface area contributed by atoms with Crippen LogP contribution < -0.4 is 19.9 Å². The van der Waals surface area contributed by atoms with Gasteiger partial charge < -0.3 is 14.4 Å². The Balaban J connectivity index is 1.45. The second kappa shape index (κ2) is 13.8. The first kappa shape index (κ1) is 30.9. The zero-order valence-corrected chi connectivity index (χ0v) is 24.5. The first-order valence-corrected chi connectivity index (χ1v) is 15.0. The molecule has 0 aliphatic heterocycles. The van der Waals surface area contributed by atoms with E-state index in [1.54, 1.807) is 95.9 Å². The topological polar surface area (TPSA) is 152 Å². The third kappa shape index (κ3) is 8.28. The normalized spacial score (nSPS) is 11.7. The van der Waals surface area contributed by atoms with Crippen LogP contribution in [0.25, 0.3) is 11.1 Å². The highest BCUT2D eigenvalue weighted by molar-refractivity contribution is 7.89. The molecule has 4 rings (SSSR count). The van der Waals surface area contributed by atoms with Crippen molar-refractivity contribution in [1.82, 2.24) is 10.2 Å². The molecule has 4 N–H and O–H groups in total. The minimum Gasteiger partial charge on any atom is -0.410 e. The van der Waals surface area contributed by atoms with Crippen LogP contribution in [-0.2, 0) is 16.6 Å². The van der Waals surface area contributed by atoms with Gasteiger partial charge in [0.1, 0.15) is 17.3 Å². The smallest absolute Gasteiger partial charge is 0.410 e. The second-order valence-electron chi connectivity index (χ2n) is 9.72. The van der Waals surface area contributed by atoms with Gasteiger partial charge in [-0.2, -0.15) is 0 Å². The Morgan fingerprint density at radius 1 is 0.884 bits per heavy atom. The predicted octanol–water partition coefficient (Wildman–Crippen LogP) is 5.91. The standard InChI is InChI=1S/C32H32N4O6S/c1-3-22(2)36(21-23-10-9-11-25(20-23)30(33)35-31(37)41-26-12-5-4-6-13-26)32(38)42-27-18-16-24(17-19-27)28-14-7-8-15-29(28)43(34,39)40/h4-20,22H,3,21H2,1-2H3,(H2,33,35,37)(H2,34,39,40). The van der Waals surface area contributed by atoms with E-state index in [2.05, 4.69) is 5.32 Å². The molecule has 2 amide bonds. The van der Waals surface area contributed by atoms with Crippen LogP contribution in [0.4, 0.5) is 9.59 Å². The fraction of sp³-hybridized carbons (Fsp3) is 0.156. The molecule has 0 saturated heterocycles. The molecule has 4 aromatic carbocycles. The van der Waals surface area contributed by atoms with Crippen LogP contribution in [0.1, 0.15) is 31.4 Å². The Kier molecular flexibility index (Phi) is 9.91. The van der Waals surface area contributed by atoms with Crippen molar-refractivity contribution in [2.45, 2.75) is 37.8 Å². The lowest BCUT2D eigenvalue weighted by atomic mass is 10.1. The number of primary sulfonamides is 1. The zero-order chi connectivity index (χ0) is 31.0. The number of carbonyl (C=O) groups is 2. The largest absolute Gasteiger partial charge is 0.418 e. The molecule has 43 heavy (non-hydrogen) atoms. The molecule has 0 bridgehead atoms. The van der Waals surface area contributed by atoms with E-state index in [1.807, 2.05) is 19.9 Å². The highest BCUT2D eigenvalue weighted by Crippen LogP contribution is 2.28. The number of benzene rings is 4. The zero-order valence-electron chi connectivity index (χ0n) is 23.7. The van der Waals surface area contributed by atoms with E-state index in [-0.39, 0.29) is 29.1 Å². The number of carbonyl (C=O) groups excluding carboxylic acids is 2. The Morgan fingerprint density at radius 2 is 1.53 bits per heavy atom. The third-order valence-corrected chi connectivity index (χ3v) is 7.64. The molecular formula is C32H32N4O6S. The average Bonchev–Trinajstić information content (AvgIpc) is 3.00. The molecule has 0 aliphatic rings. The number of sulfonamides is 1. The summed E-state index contributed by atoms with van der Waals surface area (Å²) >= 11 is 0. The van der Waals surface area contributed by atoms with Crippen molar-refractivity contribution in [2.24, 2.45) is 5.14 Å². The summed E-state index contributed by atoms with van der Waals surface area (Å²) in [5, 5.41) is 16.1. The Labute approximate surface area is 250 Å². The number of hydrogen-bond acceptors (Lipinski definition) is 7. The van der Waals surface area contributed by atoms with Crippen LogP contribution in [0.15, 0.2) is 108 Å². The van der Waals surface area contributed by atoms with Crippen LogP contribution in [0.5, 0.6) is 11.5 Å².